The minimum absolute atomic E-state index is 0.0480. The fourth-order valence-electron chi connectivity index (χ4n) is 3.32. The Balaban J connectivity index is 1.53. The second-order valence-electron chi connectivity index (χ2n) is 6.28. The van der Waals surface area contributed by atoms with Gasteiger partial charge in [-0.3, -0.25) is 9.88 Å². The molecule has 1 unspecified atom stereocenters. The zero-order valence-electron chi connectivity index (χ0n) is 13.6. The summed E-state index contributed by atoms with van der Waals surface area (Å²) >= 11 is 0. The maximum atomic E-state index is 12.6. The van der Waals surface area contributed by atoms with Crippen molar-refractivity contribution in [3.05, 3.63) is 30.1 Å². The first-order valence-corrected chi connectivity index (χ1v) is 8.56. The number of nitrogens with zero attached hydrogens (tertiary/aromatic N) is 3. The lowest BCUT2D eigenvalue weighted by molar-refractivity contribution is 0.0221. The molecule has 23 heavy (non-hydrogen) atoms. The number of morpholine rings is 1. The number of carbonyl (C=O) groups is 1. The molecule has 1 aromatic heterocycles. The molecule has 0 bridgehead atoms. The number of pyridine rings is 1. The second-order valence-corrected chi connectivity index (χ2v) is 6.28. The largest absolute Gasteiger partial charge is 0.379 e. The average Bonchev–Trinajstić information content (AvgIpc) is 2.62. The van der Waals surface area contributed by atoms with Gasteiger partial charge in [-0.15, -0.1) is 0 Å². The van der Waals surface area contributed by atoms with E-state index in [-0.39, 0.29) is 6.03 Å². The number of piperidine rings is 1. The van der Waals surface area contributed by atoms with Gasteiger partial charge in [-0.25, -0.2) is 4.79 Å². The predicted octanol–water partition coefficient (Wildman–Crippen LogP) is 1.48. The van der Waals surface area contributed by atoms with Crippen LogP contribution in [0.5, 0.6) is 0 Å². The van der Waals surface area contributed by atoms with E-state index in [1.54, 1.807) is 12.4 Å². The maximum absolute atomic E-state index is 12.6. The molecule has 0 radical (unpaired) electrons. The maximum Gasteiger partial charge on any atom is 0.317 e. The van der Waals surface area contributed by atoms with E-state index in [1.165, 1.54) is 6.42 Å². The Kier molecular flexibility index (Phi) is 5.82. The van der Waals surface area contributed by atoms with Crippen molar-refractivity contribution in [2.24, 2.45) is 0 Å². The molecule has 1 N–H and O–H groups in total. The summed E-state index contributed by atoms with van der Waals surface area (Å²) in [5, 5.41) is 3.04. The van der Waals surface area contributed by atoms with Crippen molar-refractivity contribution in [2.75, 3.05) is 39.4 Å². The quantitative estimate of drug-likeness (QED) is 0.913. The van der Waals surface area contributed by atoms with Crippen LogP contribution in [-0.2, 0) is 11.3 Å². The van der Waals surface area contributed by atoms with Gasteiger partial charge in [0.15, 0.2) is 0 Å². The Bertz CT molecular complexity index is 491. The van der Waals surface area contributed by atoms with E-state index in [4.69, 9.17) is 4.74 Å². The number of aromatic nitrogens is 1. The van der Waals surface area contributed by atoms with Crippen molar-refractivity contribution < 1.29 is 9.53 Å². The van der Waals surface area contributed by atoms with Gasteiger partial charge < -0.3 is 15.0 Å². The molecule has 2 fully saturated rings. The molecule has 2 saturated heterocycles. The summed E-state index contributed by atoms with van der Waals surface area (Å²) in [5.41, 5.74) is 1.03. The number of nitrogens with one attached hydrogen (secondary N) is 1. The molecule has 0 aromatic carbocycles. The normalized spacial score (nSPS) is 22.8. The molecular formula is C17H26N4O2. The molecule has 3 heterocycles. The molecule has 6 nitrogen and oxygen atoms in total. The van der Waals surface area contributed by atoms with E-state index in [0.717, 1.165) is 57.8 Å². The smallest absolute Gasteiger partial charge is 0.317 e. The topological polar surface area (TPSA) is 57.7 Å². The number of carbonyl (C=O) groups excluding carboxylic acids is 1. The van der Waals surface area contributed by atoms with Gasteiger partial charge in [0.1, 0.15) is 0 Å². The highest BCUT2D eigenvalue weighted by Crippen LogP contribution is 2.18. The van der Waals surface area contributed by atoms with Crippen molar-refractivity contribution >= 4 is 6.03 Å². The zero-order valence-corrected chi connectivity index (χ0v) is 13.6. The third kappa shape index (κ3) is 4.65. The van der Waals surface area contributed by atoms with Gasteiger partial charge in [-0.05, 0) is 30.9 Å². The molecule has 6 heteroatoms. The molecule has 2 amide bonds. The van der Waals surface area contributed by atoms with E-state index in [2.05, 4.69) is 15.2 Å². The molecule has 2 aliphatic rings. The highest BCUT2D eigenvalue weighted by molar-refractivity contribution is 5.74. The van der Waals surface area contributed by atoms with Crippen LogP contribution in [0, 0.1) is 0 Å². The molecular weight excluding hydrogens is 292 g/mol. The lowest BCUT2D eigenvalue weighted by atomic mass is 10.0. The molecule has 2 aliphatic heterocycles. The second kappa shape index (κ2) is 8.26. The Morgan fingerprint density at radius 3 is 2.96 bits per heavy atom. The Labute approximate surface area is 137 Å². The summed E-state index contributed by atoms with van der Waals surface area (Å²) in [6, 6.07) is 4.24. The highest BCUT2D eigenvalue weighted by Gasteiger charge is 2.28. The van der Waals surface area contributed by atoms with Crippen molar-refractivity contribution in [1.29, 1.82) is 0 Å². The number of ether oxygens (including phenoxy) is 1. The number of likely N-dealkylation sites (tertiary alicyclic amines) is 1. The first-order valence-electron chi connectivity index (χ1n) is 8.56. The Morgan fingerprint density at radius 2 is 2.17 bits per heavy atom. The van der Waals surface area contributed by atoms with Gasteiger partial charge in [0.25, 0.3) is 0 Å². The van der Waals surface area contributed by atoms with Gasteiger partial charge in [-0.2, -0.15) is 0 Å². The van der Waals surface area contributed by atoms with E-state index in [0.29, 0.717) is 12.6 Å². The Morgan fingerprint density at radius 1 is 1.30 bits per heavy atom. The fraction of sp³-hybridized carbons (Fsp3) is 0.647. The fourth-order valence-corrected chi connectivity index (χ4v) is 3.32. The lowest BCUT2D eigenvalue weighted by Gasteiger charge is -2.39. The summed E-state index contributed by atoms with van der Waals surface area (Å²) in [6.45, 7) is 5.91. The summed E-state index contributed by atoms with van der Waals surface area (Å²) in [7, 11) is 0. The van der Waals surface area contributed by atoms with Crippen molar-refractivity contribution in [3.8, 4) is 0 Å². The molecule has 0 saturated carbocycles. The van der Waals surface area contributed by atoms with Gasteiger partial charge in [0, 0.05) is 51.2 Å². The van der Waals surface area contributed by atoms with E-state index >= 15 is 0 Å². The average molecular weight is 318 g/mol. The molecule has 0 spiro atoms. The van der Waals surface area contributed by atoms with Gasteiger partial charge in [-0.1, -0.05) is 6.07 Å². The van der Waals surface area contributed by atoms with Gasteiger partial charge in [0.2, 0.25) is 0 Å². The first-order chi connectivity index (χ1) is 11.3. The van der Waals surface area contributed by atoms with E-state index in [9.17, 15) is 4.79 Å². The van der Waals surface area contributed by atoms with Crippen molar-refractivity contribution in [1.82, 2.24) is 20.1 Å². The minimum atomic E-state index is 0.0480. The Hall–Kier alpha value is -1.66. The highest BCUT2D eigenvalue weighted by atomic mass is 16.5. The van der Waals surface area contributed by atoms with E-state index in [1.807, 2.05) is 17.0 Å². The van der Waals surface area contributed by atoms with Crippen LogP contribution >= 0.6 is 0 Å². The standard InChI is InChI=1S/C17H26N4O2/c22-17(19-13-15-4-3-6-18-12-15)21-7-2-1-5-16(21)14-20-8-10-23-11-9-20/h3-4,6,12,16H,1-2,5,7-11,13-14H2,(H,19,22). The first kappa shape index (κ1) is 16.2. The summed E-state index contributed by atoms with van der Waals surface area (Å²) in [4.78, 5) is 21.1. The predicted molar refractivity (Wildman–Crippen MR) is 88.1 cm³/mol. The minimum Gasteiger partial charge on any atom is -0.379 e. The van der Waals surface area contributed by atoms with Crippen molar-refractivity contribution in [2.45, 2.75) is 31.8 Å². The lowest BCUT2D eigenvalue weighted by Crippen LogP contribution is -2.53. The number of hydrogen-bond acceptors (Lipinski definition) is 4. The van der Waals surface area contributed by atoms with Gasteiger partial charge >= 0.3 is 6.03 Å². The molecule has 126 valence electrons. The molecule has 3 rings (SSSR count). The number of hydrogen-bond donors (Lipinski definition) is 1. The van der Waals surface area contributed by atoms with Crippen LogP contribution in [-0.4, -0.2) is 66.2 Å². The summed E-state index contributed by atoms with van der Waals surface area (Å²) < 4.78 is 5.41. The van der Waals surface area contributed by atoms with Gasteiger partial charge in [0.05, 0.1) is 13.2 Å². The van der Waals surface area contributed by atoms with Crippen LogP contribution in [0.25, 0.3) is 0 Å². The van der Waals surface area contributed by atoms with Crippen LogP contribution in [0.2, 0.25) is 0 Å². The van der Waals surface area contributed by atoms with Crippen LogP contribution in [0.1, 0.15) is 24.8 Å². The third-order valence-electron chi connectivity index (χ3n) is 4.63. The summed E-state index contributed by atoms with van der Waals surface area (Å²) in [5.74, 6) is 0. The summed E-state index contributed by atoms with van der Waals surface area (Å²) in [6.07, 6.45) is 6.94. The van der Waals surface area contributed by atoms with Crippen molar-refractivity contribution in [3.63, 3.8) is 0 Å². The number of amides is 2. The van der Waals surface area contributed by atoms with Crippen LogP contribution in [0.3, 0.4) is 0 Å². The molecule has 1 aromatic rings. The molecule has 0 aliphatic carbocycles. The number of urea groups is 1. The monoisotopic (exact) mass is 318 g/mol. The van der Waals surface area contributed by atoms with Crippen LogP contribution in [0.4, 0.5) is 4.79 Å². The SMILES string of the molecule is O=C(NCc1cccnc1)N1CCCCC1CN1CCOCC1. The number of rotatable bonds is 4. The zero-order chi connectivity index (χ0) is 15.9. The molecule has 1 atom stereocenters. The van der Waals surface area contributed by atoms with Crippen LogP contribution in [0.15, 0.2) is 24.5 Å². The van der Waals surface area contributed by atoms with E-state index < -0.39 is 0 Å². The third-order valence-corrected chi connectivity index (χ3v) is 4.63. The van der Waals surface area contributed by atoms with Crippen LogP contribution < -0.4 is 5.32 Å².